The van der Waals surface area contributed by atoms with Gasteiger partial charge >= 0.3 is 6.18 Å². The van der Waals surface area contributed by atoms with Crippen molar-refractivity contribution in [3.63, 3.8) is 0 Å². The van der Waals surface area contributed by atoms with Crippen LogP contribution in [-0.2, 0) is 13.1 Å². The summed E-state index contributed by atoms with van der Waals surface area (Å²) < 4.78 is 37.4. The second kappa shape index (κ2) is 7.21. The summed E-state index contributed by atoms with van der Waals surface area (Å²) in [6.07, 6.45) is -4.17. The van der Waals surface area contributed by atoms with Crippen molar-refractivity contribution in [1.29, 1.82) is 0 Å². The van der Waals surface area contributed by atoms with Crippen molar-refractivity contribution in [2.75, 3.05) is 13.1 Å². The molecule has 0 saturated heterocycles. The molecule has 7 heteroatoms. The van der Waals surface area contributed by atoms with Gasteiger partial charge in [0.05, 0.1) is 12.2 Å². The number of rotatable bonds is 7. The number of nitrogens with one attached hydrogen (secondary N) is 1. The molecule has 0 amide bonds. The van der Waals surface area contributed by atoms with Crippen LogP contribution < -0.4 is 5.32 Å². The Morgan fingerprint density at radius 2 is 2.11 bits per heavy atom. The molecule has 0 fully saturated rings. The Labute approximate surface area is 115 Å². The van der Waals surface area contributed by atoms with Gasteiger partial charge in [0.1, 0.15) is 5.01 Å². The van der Waals surface area contributed by atoms with E-state index >= 15 is 0 Å². The van der Waals surface area contributed by atoms with Gasteiger partial charge < -0.3 is 5.32 Å². The molecule has 0 atom stereocenters. The van der Waals surface area contributed by atoms with Crippen LogP contribution in [0.3, 0.4) is 0 Å². The van der Waals surface area contributed by atoms with Crippen LogP contribution in [0, 0.1) is 0 Å². The molecule has 1 aromatic rings. The molecule has 110 valence electrons. The molecule has 0 aliphatic rings. The molecule has 1 heterocycles. The Morgan fingerprint density at radius 1 is 1.42 bits per heavy atom. The zero-order valence-electron chi connectivity index (χ0n) is 11.4. The highest BCUT2D eigenvalue weighted by Gasteiger charge is 2.32. The largest absolute Gasteiger partial charge is 0.401 e. The van der Waals surface area contributed by atoms with Gasteiger partial charge in [-0.05, 0) is 20.4 Å². The third-order valence-electron chi connectivity index (χ3n) is 2.60. The number of hydrogen-bond acceptors (Lipinski definition) is 4. The average molecular weight is 295 g/mol. The van der Waals surface area contributed by atoms with Gasteiger partial charge in [0, 0.05) is 24.5 Å². The van der Waals surface area contributed by atoms with E-state index in [2.05, 4.69) is 10.3 Å². The summed E-state index contributed by atoms with van der Waals surface area (Å²) in [5, 5.41) is 5.89. The molecule has 19 heavy (non-hydrogen) atoms. The number of nitrogens with zero attached hydrogens (tertiary/aromatic N) is 2. The molecule has 0 unspecified atom stereocenters. The Balaban J connectivity index is 2.61. The van der Waals surface area contributed by atoms with E-state index in [4.69, 9.17) is 0 Å². The normalized spacial score (nSPS) is 12.6. The van der Waals surface area contributed by atoms with Gasteiger partial charge in [-0.25, -0.2) is 4.98 Å². The van der Waals surface area contributed by atoms with E-state index in [1.807, 2.05) is 12.3 Å². The summed E-state index contributed by atoms with van der Waals surface area (Å²) in [5.74, 6) is 0. The third kappa shape index (κ3) is 6.35. The van der Waals surface area contributed by atoms with Gasteiger partial charge in [-0.1, -0.05) is 6.92 Å². The molecule has 1 N–H and O–H groups in total. The summed E-state index contributed by atoms with van der Waals surface area (Å²) >= 11 is 1.48. The van der Waals surface area contributed by atoms with E-state index in [1.165, 1.54) is 16.2 Å². The van der Waals surface area contributed by atoms with E-state index in [0.717, 1.165) is 11.6 Å². The maximum atomic E-state index is 12.5. The number of thiazole rings is 1. The predicted octanol–water partition coefficient (Wildman–Crippen LogP) is 3.03. The number of halogens is 3. The van der Waals surface area contributed by atoms with Crippen molar-refractivity contribution >= 4 is 11.3 Å². The smallest absolute Gasteiger partial charge is 0.311 e. The fourth-order valence-electron chi connectivity index (χ4n) is 1.59. The summed E-state index contributed by atoms with van der Waals surface area (Å²) in [6, 6.07) is -0.166. The van der Waals surface area contributed by atoms with Crippen molar-refractivity contribution < 1.29 is 13.2 Å². The van der Waals surface area contributed by atoms with Gasteiger partial charge in [-0.2, -0.15) is 13.2 Å². The molecule has 0 bridgehead atoms. The fraction of sp³-hybridized carbons (Fsp3) is 0.750. The minimum atomic E-state index is -4.17. The van der Waals surface area contributed by atoms with Crippen LogP contribution >= 0.6 is 11.3 Å². The average Bonchev–Trinajstić information content (AvgIpc) is 2.71. The minimum absolute atomic E-state index is 0.166. The molecule has 0 radical (unpaired) electrons. The van der Waals surface area contributed by atoms with Gasteiger partial charge in [0.15, 0.2) is 0 Å². The first-order valence-corrected chi connectivity index (χ1v) is 7.14. The van der Waals surface area contributed by atoms with Crippen LogP contribution in [0.4, 0.5) is 13.2 Å². The van der Waals surface area contributed by atoms with Crippen molar-refractivity contribution in [3.05, 3.63) is 16.1 Å². The van der Waals surface area contributed by atoms with Crippen LogP contribution in [0.2, 0.25) is 0 Å². The van der Waals surface area contributed by atoms with Crippen LogP contribution in [0.25, 0.3) is 0 Å². The summed E-state index contributed by atoms with van der Waals surface area (Å²) in [6.45, 7) is 6.38. The highest BCUT2D eigenvalue weighted by molar-refractivity contribution is 7.09. The second-order valence-corrected chi connectivity index (χ2v) is 5.57. The molecule has 0 aliphatic heterocycles. The van der Waals surface area contributed by atoms with E-state index in [0.29, 0.717) is 12.2 Å². The number of aromatic nitrogens is 1. The lowest BCUT2D eigenvalue weighted by Crippen LogP contribution is -2.38. The molecular weight excluding hydrogens is 275 g/mol. The molecule has 0 aromatic carbocycles. The minimum Gasteiger partial charge on any atom is -0.311 e. The number of hydrogen-bond donors (Lipinski definition) is 1. The SMILES string of the molecule is CCNCc1nc(CN(CC(F)(F)F)C(C)C)cs1. The van der Waals surface area contributed by atoms with Gasteiger partial charge in [0.2, 0.25) is 0 Å². The lowest BCUT2D eigenvalue weighted by Gasteiger charge is -2.26. The van der Waals surface area contributed by atoms with Crippen molar-refractivity contribution in [2.45, 2.75) is 46.1 Å². The summed E-state index contributed by atoms with van der Waals surface area (Å²) in [7, 11) is 0. The molecular formula is C12H20F3N3S. The first kappa shape index (κ1) is 16.4. The van der Waals surface area contributed by atoms with Gasteiger partial charge in [-0.15, -0.1) is 11.3 Å². The Bertz CT molecular complexity index is 377. The van der Waals surface area contributed by atoms with Gasteiger partial charge in [0.25, 0.3) is 0 Å². The van der Waals surface area contributed by atoms with E-state index < -0.39 is 12.7 Å². The maximum absolute atomic E-state index is 12.5. The highest BCUT2D eigenvalue weighted by atomic mass is 32.1. The monoisotopic (exact) mass is 295 g/mol. The Hall–Kier alpha value is -0.660. The van der Waals surface area contributed by atoms with Crippen LogP contribution in [0.1, 0.15) is 31.5 Å². The van der Waals surface area contributed by atoms with E-state index in [-0.39, 0.29) is 12.6 Å². The molecule has 3 nitrogen and oxygen atoms in total. The molecule has 0 spiro atoms. The topological polar surface area (TPSA) is 28.2 Å². The maximum Gasteiger partial charge on any atom is 0.401 e. The number of alkyl halides is 3. The van der Waals surface area contributed by atoms with Crippen molar-refractivity contribution in [1.82, 2.24) is 15.2 Å². The zero-order valence-corrected chi connectivity index (χ0v) is 12.2. The molecule has 0 aliphatic carbocycles. The third-order valence-corrected chi connectivity index (χ3v) is 3.50. The molecule has 0 saturated carbocycles. The second-order valence-electron chi connectivity index (χ2n) is 4.63. The predicted molar refractivity (Wildman–Crippen MR) is 71.1 cm³/mol. The molecule has 1 aromatic heterocycles. The zero-order chi connectivity index (χ0) is 14.5. The lowest BCUT2D eigenvalue weighted by atomic mass is 10.3. The Kier molecular flexibility index (Phi) is 6.22. The van der Waals surface area contributed by atoms with Crippen LogP contribution in [0.5, 0.6) is 0 Å². The standard InChI is InChI=1S/C12H20F3N3S/c1-4-16-5-11-17-10(7-19-11)6-18(9(2)3)8-12(13,14)15/h7,9,16H,4-6,8H2,1-3H3. The highest BCUT2D eigenvalue weighted by Crippen LogP contribution is 2.20. The van der Waals surface area contributed by atoms with Crippen LogP contribution in [-0.4, -0.2) is 35.2 Å². The Morgan fingerprint density at radius 3 is 2.63 bits per heavy atom. The van der Waals surface area contributed by atoms with Crippen molar-refractivity contribution in [3.8, 4) is 0 Å². The first-order valence-electron chi connectivity index (χ1n) is 6.26. The fourth-order valence-corrected chi connectivity index (χ4v) is 2.35. The van der Waals surface area contributed by atoms with Crippen LogP contribution in [0.15, 0.2) is 5.38 Å². The summed E-state index contributed by atoms with van der Waals surface area (Å²) in [4.78, 5) is 5.73. The summed E-state index contributed by atoms with van der Waals surface area (Å²) in [5.41, 5.74) is 0.704. The quantitative estimate of drug-likeness (QED) is 0.838. The lowest BCUT2D eigenvalue weighted by molar-refractivity contribution is -0.151. The van der Waals surface area contributed by atoms with E-state index in [9.17, 15) is 13.2 Å². The molecule has 1 rings (SSSR count). The van der Waals surface area contributed by atoms with Gasteiger partial charge in [-0.3, -0.25) is 4.90 Å². The van der Waals surface area contributed by atoms with Crippen molar-refractivity contribution in [2.24, 2.45) is 0 Å². The van der Waals surface area contributed by atoms with E-state index in [1.54, 1.807) is 13.8 Å². The first-order chi connectivity index (χ1) is 8.81.